The van der Waals surface area contributed by atoms with E-state index in [1.807, 2.05) is 27.7 Å². The lowest BCUT2D eigenvalue weighted by Gasteiger charge is -2.34. The van der Waals surface area contributed by atoms with Crippen LogP contribution >= 0.6 is 0 Å². The summed E-state index contributed by atoms with van der Waals surface area (Å²) in [5, 5.41) is 0. The molecule has 4 heteroatoms. The zero-order chi connectivity index (χ0) is 10.3. The molecule has 0 saturated carbocycles. The summed E-state index contributed by atoms with van der Waals surface area (Å²) >= 11 is 0. The van der Waals surface area contributed by atoms with Gasteiger partial charge >= 0.3 is 0 Å². The number of rotatable bonds is 7. The second-order valence-electron chi connectivity index (χ2n) is 2.63. The van der Waals surface area contributed by atoms with Crippen molar-refractivity contribution >= 4 is 10.2 Å². The number of ether oxygens (including phenoxy) is 3. The highest BCUT2D eigenvalue weighted by molar-refractivity contribution is 6.13. The highest BCUT2D eigenvalue weighted by atomic mass is 28.1. The van der Waals surface area contributed by atoms with Crippen LogP contribution in [0.2, 0.25) is 0 Å². The molecule has 0 heterocycles. The Bertz CT molecular complexity index is 124. The van der Waals surface area contributed by atoms with Gasteiger partial charge in [-0.1, -0.05) is 0 Å². The first-order chi connectivity index (χ1) is 6.10. The summed E-state index contributed by atoms with van der Waals surface area (Å²) in [7, 11) is 3.46. The molecule has 1 atom stereocenters. The Morgan fingerprint density at radius 2 is 1.54 bits per heavy atom. The third-order valence-corrected chi connectivity index (χ3v) is 2.36. The molecular weight excluding hydrogens is 184 g/mol. The molecule has 0 aliphatic heterocycles. The van der Waals surface area contributed by atoms with Crippen LogP contribution in [0.5, 0.6) is 0 Å². The van der Waals surface area contributed by atoms with E-state index in [1.54, 1.807) is 0 Å². The minimum Gasteiger partial charge on any atom is -0.374 e. The predicted molar refractivity (Wildman–Crippen MR) is 52.8 cm³/mol. The van der Waals surface area contributed by atoms with Gasteiger partial charge in [0.15, 0.2) is 5.41 Å². The molecule has 0 aliphatic carbocycles. The Labute approximate surface area is 84.2 Å². The first-order valence-electron chi connectivity index (χ1n) is 4.75. The molecule has 0 aromatic carbocycles. The van der Waals surface area contributed by atoms with Crippen LogP contribution in [0.15, 0.2) is 0 Å². The highest BCUT2D eigenvalue weighted by Gasteiger charge is 2.32. The second-order valence-corrected chi connectivity index (χ2v) is 3.33. The van der Waals surface area contributed by atoms with Crippen LogP contribution < -0.4 is 0 Å². The number of hydrogen-bond acceptors (Lipinski definition) is 3. The molecule has 3 radical (unpaired) electrons. The van der Waals surface area contributed by atoms with Crippen molar-refractivity contribution in [2.75, 3.05) is 19.8 Å². The Hall–Kier alpha value is 0.0969. The van der Waals surface area contributed by atoms with Crippen molar-refractivity contribution in [3.05, 3.63) is 0 Å². The lowest BCUT2D eigenvalue weighted by Crippen LogP contribution is -2.48. The van der Waals surface area contributed by atoms with Crippen LogP contribution in [0.25, 0.3) is 0 Å². The maximum atomic E-state index is 5.45. The zero-order valence-electron chi connectivity index (χ0n) is 8.92. The quantitative estimate of drug-likeness (QED) is 0.461. The summed E-state index contributed by atoms with van der Waals surface area (Å²) in [6.45, 7) is 9.53. The Balaban J connectivity index is 4.18. The average Bonchev–Trinajstić information content (AvgIpc) is 2.05. The zero-order valence-corrected chi connectivity index (χ0v) is 9.92. The summed E-state index contributed by atoms with van der Waals surface area (Å²) in [6, 6.07) is 0. The minimum atomic E-state index is -0.806. The normalized spacial score (nSPS) is 14.5. The van der Waals surface area contributed by atoms with Crippen LogP contribution in [0.3, 0.4) is 0 Å². The van der Waals surface area contributed by atoms with E-state index in [-0.39, 0.29) is 6.10 Å². The van der Waals surface area contributed by atoms with E-state index < -0.39 is 5.41 Å². The topological polar surface area (TPSA) is 27.7 Å². The molecule has 1 unspecified atom stereocenters. The maximum Gasteiger partial charge on any atom is 0.169 e. The van der Waals surface area contributed by atoms with E-state index in [4.69, 9.17) is 14.2 Å². The van der Waals surface area contributed by atoms with Gasteiger partial charge in [-0.3, -0.25) is 0 Å². The second kappa shape index (κ2) is 6.54. The van der Waals surface area contributed by atoms with Crippen LogP contribution in [-0.4, -0.2) is 41.6 Å². The summed E-state index contributed by atoms with van der Waals surface area (Å²) in [4.78, 5) is 0. The van der Waals surface area contributed by atoms with Crippen molar-refractivity contribution in [3.63, 3.8) is 0 Å². The van der Waals surface area contributed by atoms with Crippen molar-refractivity contribution < 1.29 is 14.2 Å². The summed E-state index contributed by atoms with van der Waals surface area (Å²) in [5.74, 6) is 0. The lowest BCUT2D eigenvalue weighted by molar-refractivity contribution is -0.230. The minimum absolute atomic E-state index is 0.130. The van der Waals surface area contributed by atoms with Gasteiger partial charge in [-0.25, -0.2) is 0 Å². The van der Waals surface area contributed by atoms with Crippen molar-refractivity contribution in [3.8, 4) is 0 Å². The van der Waals surface area contributed by atoms with Gasteiger partial charge < -0.3 is 14.2 Å². The molecule has 0 aromatic heterocycles. The van der Waals surface area contributed by atoms with Gasteiger partial charge in [-0.15, -0.1) is 0 Å². The first-order valence-corrected chi connectivity index (χ1v) is 5.25. The van der Waals surface area contributed by atoms with Gasteiger partial charge in [-0.2, -0.15) is 0 Å². The predicted octanol–water partition coefficient (Wildman–Crippen LogP) is 1.31. The van der Waals surface area contributed by atoms with Crippen LogP contribution in [0.4, 0.5) is 0 Å². The molecule has 0 amide bonds. The molecular formula is C9H19O3Si. The van der Waals surface area contributed by atoms with Crippen molar-refractivity contribution in [2.45, 2.75) is 39.2 Å². The van der Waals surface area contributed by atoms with E-state index >= 15 is 0 Å². The van der Waals surface area contributed by atoms with Gasteiger partial charge in [0.05, 0.1) is 0 Å². The molecule has 77 valence electrons. The smallest absolute Gasteiger partial charge is 0.169 e. The van der Waals surface area contributed by atoms with E-state index in [2.05, 4.69) is 10.2 Å². The molecule has 0 rings (SSSR count). The Morgan fingerprint density at radius 1 is 1.08 bits per heavy atom. The maximum absolute atomic E-state index is 5.45. The van der Waals surface area contributed by atoms with Crippen LogP contribution in [-0.2, 0) is 14.2 Å². The van der Waals surface area contributed by atoms with Gasteiger partial charge in [0.1, 0.15) is 16.3 Å². The fraction of sp³-hybridized carbons (Fsp3) is 1.00. The fourth-order valence-electron chi connectivity index (χ4n) is 1.06. The standard InChI is InChI=1S/C9H19O3Si/c1-5-10-8(4)9(13,11-6-2)12-7-3/h8H,5-7H2,1-4H3. The van der Waals surface area contributed by atoms with E-state index in [0.717, 1.165) is 0 Å². The van der Waals surface area contributed by atoms with Crippen molar-refractivity contribution in [1.82, 2.24) is 0 Å². The molecule has 0 N–H and O–H groups in total. The van der Waals surface area contributed by atoms with Gasteiger partial charge in [0.25, 0.3) is 0 Å². The molecule has 0 aliphatic rings. The van der Waals surface area contributed by atoms with Crippen molar-refractivity contribution in [1.29, 1.82) is 0 Å². The highest BCUT2D eigenvalue weighted by Crippen LogP contribution is 2.16. The van der Waals surface area contributed by atoms with Gasteiger partial charge in [-0.05, 0) is 27.7 Å². The first kappa shape index (κ1) is 13.1. The van der Waals surface area contributed by atoms with E-state index in [0.29, 0.717) is 19.8 Å². The van der Waals surface area contributed by atoms with E-state index in [9.17, 15) is 0 Å². The summed E-state index contributed by atoms with van der Waals surface area (Å²) in [6.07, 6.45) is -0.130. The van der Waals surface area contributed by atoms with E-state index in [1.165, 1.54) is 0 Å². The molecule has 0 bridgehead atoms. The summed E-state index contributed by atoms with van der Waals surface area (Å²) < 4.78 is 16.3. The SMILES string of the molecule is CCOC(C)C([Si])(OCC)OCC. The molecule has 13 heavy (non-hydrogen) atoms. The third-order valence-electron chi connectivity index (χ3n) is 1.67. The monoisotopic (exact) mass is 203 g/mol. The molecule has 0 saturated heterocycles. The molecule has 3 nitrogen and oxygen atoms in total. The largest absolute Gasteiger partial charge is 0.374 e. The number of hydrogen-bond donors (Lipinski definition) is 0. The van der Waals surface area contributed by atoms with Crippen molar-refractivity contribution in [2.24, 2.45) is 0 Å². The summed E-state index contributed by atoms with van der Waals surface area (Å²) in [5.41, 5.74) is -0.806. The fourth-order valence-corrected chi connectivity index (χ4v) is 1.44. The van der Waals surface area contributed by atoms with Gasteiger partial charge in [0, 0.05) is 19.8 Å². The third kappa shape index (κ3) is 4.22. The molecule has 0 aromatic rings. The Kier molecular flexibility index (Phi) is 6.58. The van der Waals surface area contributed by atoms with Crippen LogP contribution in [0.1, 0.15) is 27.7 Å². The van der Waals surface area contributed by atoms with Gasteiger partial charge in [0.2, 0.25) is 0 Å². The van der Waals surface area contributed by atoms with Crippen LogP contribution in [0, 0.1) is 0 Å². The Morgan fingerprint density at radius 3 is 1.85 bits per heavy atom. The molecule has 0 spiro atoms. The lowest BCUT2D eigenvalue weighted by atomic mass is 10.4. The molecule has 0 fully saturated rings. The average molecular weight is 203 g/mol.